The summed E-state index contributed by atoms with van der Waals surface area (Å²) in [6, 6.07) is 7.09. The van der Waals surface area contributed by atoms with Gasteiger partial charge in [0.25, 0.3) is 0 Å². The van der Waals surface area contributed by atoms with E-state index in [1.54, 1.807) is 30.3 Å². The zero-order valence-electron chi connectivity index (χ0n) is 13.1. The van der Waals surface area contributed by atoms with Crippen LogP contribution in [0.4, 0.5) is 22.4 Å². The molecular weight excluding hydrogens is 358 g/mol. The number of rotatable bonds is 6. The van der Waals surface area contributed by atoms with E-state index in [9.17, 15) is 27.2 Å². The molecule has 0 saturated heterocycles. The van der Waals surface area contributed by atoms with Gasteiger partial charge in [-0.1, -0.05) is 30.3 Å². The monoisotopic (exact) mass is 371 g/mol. The first kappa shape index (κ1) is 19.2. The van der Waals surface area contributed by atoms with Crippen molar-refractivity contribution in [3.8, 4) is 0 Å². The van der Waals surface area contributed by atoms with E-state index in [0.717, 1.165) is 0 Å². The van der Waals surface area contributed by atoms with E-state index in [2.05, 4.69) is 0 Å². The third-order valence-corrected chi connectivity index (χ3v) is 3.40. The number of halogens is 4. The fourth-order valence-corrected chi connectivity index (χ4v) is 2.10. The van der Waals surface area contributed by atoms with Crippen LogP contribution >= 0.6 is 0 Å². The molecule has 1 amide bonds. The van der Waals surface area contributed by atoms with Crippen LogP contribution in [-0.2, 0) is 22.6 Å². The highest BCUT2D eigenvalue weighted by molar-refractivity contribution is 5.80. The first-order valence-corrected chi connectivity index (χ1v) is 7.31. The first-order chi connectivity index (χ1) is 12.3. The van der Waals surface area contributed by atoms with Crippen molar-refractivity contribution in [1.29, 1.82) is 0 Å². The summed E-state index contributed by atoms with van der Waals surface area (Å²) in [5.41, 5.74) is -0.0968. The van der Waals surface area contributed by atoms with Crippen LogP contribution in [0.1, 0.15) is 11.1 Å². The van der Waals surface area contributed by atoms with Gasteiger partial charge in [0, 0.05) is 6.42 Å². The molecule has 0 radical (unpaired) electrons. The standard InChI is InChI=1S/C17H13F4NO4/c18-11-6-10(13(19)15(21)14(11)20)7-12(16(23)24)22-17(25)26-8-9-4-2-1-3-5-9/h1-6,12H,7-8H2,(H,22,25)(H,23,24). The fourth-order valence-electron chi connectivity index (χ4n) is 2.10. The van der Waals surface area contributed by atoms with Crippen molar-refractivity contribution in [2.45, 2.75) is 19.1 Å². The highest BCUT2D eigenvalue weighted by Gasteiger charge is 2.26. The van der Waals surface area contributed by atoms with E-state index in [0.29, 0.717) is 11.6 Å². The highest BCUT2D eigenvalue weighted by atomic mass is 19.2. The molecule has 2 aromatic rings. The van der Waals surface area contributed by atoms with Crippen LogP contribution in [0, 0.1) is 23.3 Å². The molecule has 2 aromatic carbocycles. The van der Waals surface area contributed by atoms with Gasteiger partial charge in [-0.3, -0.25) is 0 Å². The van der Waals surface area contributed by atoms with Gasteiger partial charge in [-0.15, -0.1) is 0 Å². The molecular formula is C17H13F4NO4. The summed E-state index contributed by atoms with van der Waals surface area (Å²) in [6.45, 7) is -0.146. The Kier molecular flexibility index (Phi) is 6.16. The van der Waals surface area contributed by atoms with E-state index in [-0.39, 0.29) is 6.61 Å². The van der Waals surface area contributed by atoms with Crippen molar-refractivity contribution in [3.63, 3.8) is 0 Å². The molecule has 2 N–H and O–H groups in total. The average molecular weight is 371 g/mol. The molecule has 138 valence electrons. The molecule has 26 heavy (non-hydrogen) atoms. The lowest BCUT2D eigenvalue weighted by atomic mass is 10.0. The molecule has 2 rings (SSSR count). The fraction of sp³-hybridized carbons (Fsp3) is 0.176. The maximum atomic E-state index is 13.7. The van der Waals surface area contributed by atoms with Gasteiger partial charge in [-0.2, -0.15) is 0 Å². The van der Waals surface area contributed by atoms with Crippen molar-refractivity contribution >= 4 is 12.1 Å². The van der Waals surface area contributed by atoms with Gasteiger partial charge in [0.2, 0.25) is 0 Å². The number of hydrogen-bond donors (Lipinski definition) is 2. The second-order valence-electron chi connectivity index (χ2n) is 5.26. The Labute approximate surface area is 145 Å². The van der Waals surface area contributed by atoms with E-state index < -0.39 is 53.4 Å². The molecule has 0 heterocycles. The Hall–Kier alpha value is -3.10. The van der Waals surface area contributed by atoms with Crippen LogP contribution in [0.15, 0.2) is 36.4 Å². The van der Waals surface area contributed by atoms with Gasteiger partial charge in [0.15, 0.2) is 23.3 Å². The van der Waals surface area contributed by atoms with Gasteiger partial charge < -0.3 is 15.2 Å². The second kappa shape index (κ2) is 8.32. The molecule has 0 bridgehead atoms. The molecule has 1 atom stereocenters. The zero-order chi connectivity index (χ0) is 19.3. The minimum absolute atomic E-state index is 0.146. The molecule has 0 spiro atoms. The Bertz CT molecular complexity index is 814. The Morgan fingerprint density at radius 3 is 2.31 bits per heavy atom. The Morgan fingerprint density at radius 1 is 1.04 bits per heavy atom. The third-order valence-electron chi connectivity index (χ3n) is 3.40. The number of alkyl carbamates (subject to hydrolysis) is 1. The van der Waals surface area contributed by atoms with Gasteiger partial charge in [-0.05, 0) is 17.2 Å². The highest BCUT2D eigenvalue weighted by Crippen LogP contribution is 2.20. The molecule has 0 aliphatic rings. The topological polar surface area (TPSA) is 75.6 Å². The number of carboxylic acids is 1. The molecule has 0 aliphatic carbocycles. The number of amides is 1. The van der Waals surface area contributed by atoms with E-state index >= 15 is 0 Å². The summed E-state index contributed by atoms with van der Waals surface area (Å²) < 4.78 is 57.9. The minimum atomic E-state index is -2.06. The number of carboxylic acid groups (broad SMARTS) is 1. The van der Waals surface area contributed by atoms with Gasteiger partial charge in [0.1, 0.15) is 12.6 Å². The number of hydrogen-bond acceptors (Lipinski definition) is 3. The van der Waals surface area contributed by atoms with E-state index in [1.165, 1.54) is 0 Å². The van der Waals surface area contributed by atoms with Gasteiger partial charge in [0.05, 0.1) is 0 Å². The van der Waals surface area contributed by atoms with Crippen molar-refractivity contribution < 1.29 is 37.0 Å². The normalized spacial score (nSPS) is 11.7. The lowest BCUT2D eigenvalue weighted by Gasteiger charge is -2.15. The summed E-state index contributed by atoms with van der Waals surface area (Å²) >= 11 is 0. The third kappa shape index (κ3) is 4.71. The smallest absolute Gasteiger partial charge is 0.408 e. The van der Waals surface area contributed by atoms with E-state index in [4.69, 9.17) is 9.84 Å². The van der Waals surface area contributed by atoms with Crippen LogP contribution < -0.4 is 5.32 Å². The summed E-state index contributed by atoms with van der Waals surface area (Å²) in [6.07, 6.45) is -1.93. The number of aliphatic carboxylic acids is 1. The van der Waals surface area contributed by atoms with Crippen LogP contribution in [0.5, 0.6) is 0 Å². The number of carbonyl (C=O) groups excluding carboxylic acids is 1. The predicted molar refractivity (Wildman–Crippen MR) is 81.2 cm³/mol. The van der Waals surface area contributed by atoms with E-state index in [1.807, 2.05) is 5.32 Å². The zero-order valence-corrected chi connectivity index (χ0v) is 13.1. The molecule has 0 saturated carbocycles. The maximum Gasteiger partial charge on any atom is 0.408 e. The van der Waals surface area contributed by atoms with Crippen molar-refractivity contribution in [2.24, 2.45) is 0 Å². The van der Waals surface area contributed by atoms with Crippen molar-refractivity contribution in [3.05, 3.63) is 70.8 Å². The number of benzene rings is 2. The summed E-state index contributed by atoms with van der Waals surface area (Å²) in [7, 11) is 0. The Balaban J connectivity index is 2.05. The first-order valence-electron chi connectivity index (χ1n) is 7.31. The van der Waals surface area contributed by atoms with Crippen LogP contribution in [0.2, 0.25) is 0 Å². The Morgan fingerprint density at radius 2 is 1.69 bits per heavy atom. The molecule has 5 nitrogen and oxygen atoms in total. The second-order valence-corrected chi connectivity index (χ2v) is 5.26. The molecule has 1 unspecified atom stereocenters. The number of ether oxygens (including phenoxy) is 1. The lowest BCUT2D eigenvalue weighted by Crippen LogP contribution is -2.42. The van der Waals surface area contributed by atoms with Crippen LogP contribution in [0.25, 0.3) is 0 Å². The SMILES string of the molecule is O=C(NC(Cc1cc(F)c(F)c(F)c1F)C(=O)O)OCc1ccccc1. The molecule has 0 fully saturated rings. The quantitative estimate of drug-likeness (QED) is 0.465. The summed E-state index contributed by atoms with van der Waals surface area (Å²) in [4.78, 5) is 22.9. The number of nitrogens with one attached hydrogen (secondary N) is 1. The van der Waals surface area contributed by atoms with Gasteiger partial charge >= 0.3 is 12.1 Å². The number of carbonyl (C=O) groups is 2. The maximum absolute atomic E-state index is 13.7. The largest absolute Gasteiger partial charge is 0.480 e. The van der Waals surface area contributed by atoms with Crippen molar-refractivity contribution in [1.82, 2.24) is 5.32 Å². The van der Waals surface area contributed by atoms with Crippen molar-refractivity contribution in [2.75, 3.05) is 0 Å². The van der Waals surface area contributed by atoms with Crippen LogP contribution in [0.3, 0.4) is 0 Å². The molecule has 9 heteroatoms. The van der Waals surface area contributed by atoms with Crippen LogP contribution in [-0.4, -0.2) is 23.2 Å². The summed E-state index contributed by atoms with van der Waals surface area (Å²) in [5.74, 6) is -9.06. The minimum Gasteiger partial charge on any atom is -0.480 e. The average Bonchev–Trinajstić information content (AvgIpc) is 2.62. The predicted octanol–water partition coefficient (Wildman–Crippen LogP) is 3.17. The molecule has 0 aliphatic heterocycles. The van der Waals surface area contributed by atoms with Gasteiger partial charge in [-0.25, -0.2) is 27.2 Å². The summed E-state index contributed by atoms with van der Waals surface area (Å²) in [5, 5.41) is 11.0. The lowest BCUT2D eigenvalue weighted by molar-refractivity contribution is -0.139. The molecule has 0 aromatic heterocycles.